The van der Waals surface area contributed by atoms with Crippen molar-refractivity contribution in [2.45, 2.75) is 0 Å². The molecule has 0 aliphatic carbocycles. The van der Waals surface area contributed by atoms with Crippen LogP contribution in [0.5, 0.6) is 0 Å². The summed E-state index contributed by atoms with van der Waals surface area (Å²) in [5, 5.41) is 3.46. The van der Waals surface area contributed by atoms with Crippen LogP contribution in [0.2, 0.25) is 0 Å². The largest absolute Gasteiger partial charge is 0.356 e. The van der Waals surface area contributed by atoms with Gasteiger partial charge in [-0.05, 0) is 46.5 Å². The van der Waals surface area contributed by atoms with Gasteiger partial charge in [0.15, 0.2) is 0 Å². The van der Waals surface area contributed by atoms with Crippen molar-refractivity contribution in [1.29, 1.82) is 0 Å². The van der Waals surface area contributed by atoms with Crippen LogP contribution in [0.15, 0.2) is 110 Å². The van der Waals surface area contributed by atoms with Crippen LogP contribution in [0, 0.1) is 0 Å². The van der Waals surface area contributed by atoms with Gasteiger partial charge in [-0.25, -0.2) is 0 Å². The molecule has 3 aromatic carbocycles. The zero-order valence-electron chi connectivity index (χ0n) is 14.2. The quantitative estimate of drug-likeness (QED) is 0.489. The second-order valence-corrected chi connectivity index (χ2v) is 5.71. The average molecular weight is 323 g/mol. The van der Waals surface area contributed by atoms with Crippen molar-refractivity contribution >= 4 is 16.9 Å². The smallest absolute Gasteiger partial charge is 0.0390 e. The Balaban J connectivity index is 1.80. The van der Waals surface area contributed by atoms with Crippen LogP contribution < -0.4 is 5.32 Å². The Bertz CT molecular complexity index is 887. The maximum atomic E-state index is 3.87. The molecule has 0 aliphatic rings. The fourth-order valence-electron chi connectivity index (χ4n) is 2.73. The molecular weight excluding hydrogens is 302 g/mol. The lowest BCUT2D eigenvalue weighted by Crippen LogP contribution is -1.91. The van der Waals surface area contributed by atoms with Crippen molar-refractivity contribution < 1.29 is 0 Å². The highest BCUT2D eigenvalue weighted by Gasteiger charge is 2.01. The van der Waals surface area contributed by atoms with Gasteiger partial charge < -0.3 is 5.32 Å². The molecule has 0 aliphatic heterocycles. The molecule has 0 saturated heterocycles. The van der Waals surface area contributed by atoms with Gasteiger partial charge in [-0.3, -0.25) is 0 Å². The lowest BCUT2D eigenvalue weighted by molar-refractivity contribution is 1.52. The van der Waals surface area contributed by atoms with Crippen molar-refractivity contribution in [3.8, 4) is 11.1 Å². The number of hydrogen-bond acceptors (Lipinski definition) is 1. The molecule has 1 heteroatoms. The fourth-order valence-corrected chi connectivity index (χ4v) is 2.73. The summed E-state index contributed by atoms with van der Waals surface area (Å²) in [6, 6.07) is 27.1. The summed E-state index contributed by atoms with van der Waals surface area (Å²) in [6.07, 6.45) is 5.58. The summed E-state index contributed by atoms with van der Waals surface area (Å²) in [4.78, 5) is 0. The van der Waals surface area contributed by atoms with Gasteiger partial charge in [0.1, 0.15) is 0 Å². The molecule has 3 rings (SSSR count). The summed E-state index contributed by atoms with van der Waals surface area (Å²) >= 11 is 0. The van der Waals surface area contributed by atoms with Crippen LogP contribution in [0.25, 0.3) is 16.7 Å². The summed E-state index contributed by atoms with van der Waals surface area (Å²) < 4.78 is 0. The van der Waals surface area contributed by atoms with Gasteiger partial charge in [-0.1, -0.05) is 86.0 Å². The van der Waals surface area contributed by atoms with E-state index in [9.17, 15) is 0 Å². The van der Waals surface area contributed by atoms with Crippen LogP contribution in [-0.4, -0.2) is 0 Å². The third-order valence-corrected chi connectivity index (χ3v) is 3.99. The molecule has 0 spiro atoms. The Morgan fingerprint density at radius 1 is 0.720 bits per heavy atom. The van der Waals surface area contributed by atoms with Crippen molar-refractivity contribution in [2.24, 2.45) is 0 Å². The van der Waals surface area contributed by atoms with E-state index in [4.69, 9.17) is 0 Å². The van der Waals surface area contributed by atoms with Crippen LogP contribution in [0.3, 0.4) is 0 Å². The third kappa shape index (κ3) is 4.15. The SMILES string of the molecule is C=C/C=C(\C=C)c1cccc(Nc2ccc(-c3ccccc3)cc2)c1. The molecule has 122 valence electrons. The molecule has 0 atom stereocenters. The maximum absolute atomic E-state index is 3.87. The van der Waals surface area contributed by atoms with E-state index >= 15 is 0 Å². The molecule has 0 saturated carbocycles. The van der Waals surface area contributed by atoms with E-state index < -0.39 is 0 Å². The van der Waals surface area contributed by atoms with E-state index in [1.807, 2.05) is 24.3 Å². The van der Waals surface area contributed by atoms with Gasteiger partial charge in [0.05, 0.1) is 0 Å². The molecule has 0 bridgehead atoms. The normalized spacial score (nSPS) is 11.0. The fraction of sp³-hybridized carbons (Fsp3) is 0. The third-order valence-electron chi connectivity index (χ3n) is 3.99. The predicted molar refractivity (Wildman–Crippen MR) is 110 cm³/mol. The summed E-state index contributed by atoms with van der Waals surface area (Å²) in [5.74, 6) is 0. The van der Waals surface area contributed by atoms with Gasteiger partial charge in [0, 0.05) is 11.4 Å². The standard InChI is InChI=1S/C24H21N/c1-3-9-19(4-2)22-12-8-13-24(18-22)25-23-16-14-21(15-17-23)20-10-6-5-7-11-20/h3-18,25H,1-2H2/b19-9+. The van der Waals surface area contributed by atoms with Crippen molar-refractivity contribution in [3.63, 3.8) is 0 Å². The summed E-state index contributed by atoms with van der Waals surface area (Å²) in [5.41, 5.74) is 6.70. The Hall–Kier alpha value is -3.32. The topological polar surface area (TPSA) is 12.0 Å². The Morgan fingerprint density at radius 3 is 2.12 bits per heavy atom. The number of hydrogen-bond donors (Lipinski definition) is 1. The van der Waals surface area contributed by atoms with Gasteiger partial charge >= 0.3 is 0 Å². The van der Waals surface area contributed by atoms with Gasteiger partial charge in [-0.15, -0.1) is 0 Å². The summed E-state index contributed by atoms with van der Waals surface area (Å²) in [6.45, 7) is 7.63. The molecule has 1 N–H and O–H groups in total. The highest BCUT2D eigenvalue weighted by atomic mass is 14.9. The van der Waals surface area contributed by atoms with Crippen LogP contribution in [0.1, 0.15) is 5.56 Å². The average Bonchev–Trinajstić information content (AvgIpc) is 2.67. The monoisotopic (exact) mass is 323 g/mol. The molecule has 0 amide bonds. The zero-order chi connectivity index (χ0) is 17.5. The first-order chi connectivity index (χ1) is 12.3. The molecule has 25 heavy (non-hydrogen) atoms. The maximum Gasteiger partial charge on any atom is 0.0390 e. The minimum atomic E-state index is 1.04. The first-order valence-electron chi connectivity index (χ1n) is 8.28. The molecular formula is C24H21N. The second kappa shape index (κ2) is 7.98. The van der Waals surface area contributed by atoms with Crippen molar-refractivity contribution in [1.82, 2.24) is 0 Å². The van der Waals surface area contributed by atoms with E-state index in [-0.39, 0.29) is 0 Å². The summed E-state index contributed by atoms with van der Waals surface area (Å²) in [7, 11) is 0. The molecule has 0 unspecified atom stereocenters. The lowest BCUT2D eigenvalue weighted by atomic mass is 10.0. The number of anilines is 2. The van der Waals surface area contributed by atoms with E-state index in [1.165, 1.54) is 11.1 Å². The first-order valence-corrected chi connectivity index (χ1v) is 8.28. The molecule has 3 aromatic rings. The molecule has 0 fully saturated rings. The first kappa shape index (κ1) is 16.5. The van der Waals surface area contributed by atoms with E-state index in [0.29, 0.717) is 0 Å². The number of allylic oxidation sites excluding steroid dienone is 4. The van der Waals surface area contributed by atoms with E-state index in [2.05, 4.69) is 85.2 Å². The van der Waals surface area contributed by atoms with Crippen LogP contribution in [-0.2, 0) is 0 Å². The Kier molecular flexibility index (Phi) is 5.28. The predicted octanol–water partition coefficient (Wildman–Crippen LogP) is 6.85. The lowest BCUT2D eigenvalue weighted by Gasteiger charge is -2.10. The highest BCUT2D eigenvalue weighted by molar-refractivity contribution is 5.77. The second-order valence-electron chi connectivity index (χ2n) is 5.71. The number of benzene rings is 3. The molecule has 0 aromatic heterocycles. The molecule has 0 radical (unpaired) electrons. The van der Waals surface area contributed by atoms with Crippen molar-refractivity contribution in [2.75, 3.05) is 5.32 Å². The van der Waals surface area contributed by atoms with E-state index in [1.54, 1.807) is 6.08 Å². The number of rotatable bonds is 6. The van der Waals surface area contributed by atoms with Crippen LogP contribution >= 0.6 is 0 Å². The van der Waals surface area contributed by atoms with Gasteiger partial charge in [0.25, 0.3) is 0 Å². The number of nitrogens with one attached hydrogen (secondary N) is 1. The Morgan fingerprint density at radius 2 is 1.44 bits per heavy atom. The zero-order valence-corrected chi connectivity index (χ0v) is 14.2. The molecule has 0 heterocycles. The minimum absolute atomic E-state index is 1.04. The molecule has 1 nitrogen and oxygen atoms in total. The Labute approximate surface area is 149 Å². The van der Waals surface area contributed by atoms with Crippen molar-refractivity contribution in [3.05, 3.63) is 116 Å². The van der Waals surface area contributed by atoms with Gasteiger partial charge in [-0.2, -0.15) is 0 Å². The van der Waals surface area contributed by atoms with Crippen LogP contribution in [0.4, 0.5) is 11.4 Å². The minimum Gasteiger partial charge on any atom is -0.356 e. The van der Waals surface area contributed by atoms with E-state index in [0.717, 1.165) is 22.5 Å². The highest BCUT2D eigenvalue weighted by Crippen LogP contribution is 2.25. The van der Waals surface area contributed by atoms with Gasteiger partial charge in [0.2, 0.25) is 0 Å².